The summed E-state index contributed by atoms with van der Waals surface area (Å²) in [5, 5.41) is 7.67. The van der Waals surface area contributed by atoms with Crippen LogP contribution in [0.1, 0.15) is 0 Å². The van der Waals surface area contributed by atoms with Gasteiger partial charge in [-0.15, -0.1) is 0 Å². The summed E-state index contributed by atoms with van der Waals surface area (Å²) in [6.45, 7) is 0. The molecule has 0 radical (unpaired) electrons. The number of rotatable bonds is 2. The second-order valence-electron chi connectivity index (χ2n) is 3.86. The maximum atomic E-state index is 5.94. The minimum atomic E-state index is 0.450. The Bertz CT molecular complexity index is 645. The Balaban J connectivity index is 2.09. The summed E-state index contributed by atoms with van der Waals surface area (Å²) in [5.74, 6) is 0. The lowest BCUT2D eigenvalue weighted by Gasteiger charge is -2.12. The molecule has 2 rings (SSSR count). The molecule has 0 amide bonds. The van der Waals surface area contributed by atoms with E-state index in [-0.39, 0.29) is 0 Å². The first-order valence-corrected chi connectivity index (χ1v) is 8.18. The highest BCUT2D eigenvalue weighted by Crippen LogP contribution is 2.27. The zero-order chi connectivity index (χ0) is 14.7. The van der Waals surface area contributed by atoms with Gasteiger partial charge in [0, 0.05) is 24.7 Å². The van der Waals surface area contributed by atoms with E-state index in [9.17, 15) is 0 Å². The molecule has 20 heavy (non-hydrogen) atoms. The fourth-order valence-electron chi connectivity index (χ4n) is 1.50. The molecule has 0 aliphatic rings. The van der Waals surface area contributed by atoms with E-state index < -0.39 is 0 Å². The molecular formula is C13H8Br2Cl2N2S. The van der Waals surface area contributed by atoms with Crippen molar-refractivity contribution >= 4 is 83.8 Å². The predicted molar refractivity (Wildman–Crippen MR) is 98.1 cm³/mol. The van der Waals surface area contributed by atoms with E-state index in [4.69, 9.17) is 35.4 Å². The summed E-state index contributed by atoms with van der Waals surface area (Å²) in [7, 11) is 0. The summed E-state index contributed by atoms with van der Waals surface area (Å²) in [6.07, 6.45) is 0. The van der Waals surface area contributed by atoms with Crippen molar-refractivity contribution in [2.45, 2.75) is 0 Å². The lowest BCUT2D eigenvalue weighted by Crippen LogP contribution is -2.19. The topological polar surface area (TPSA) is 24.1 Å². The van der Waals surface area contributed by atoms with E-state index >= 15 is 0 Å². The Labute approximate surface area is 149 Å². The van der Waals surface area contributed by atoms with Gasteiger partial charge in [0.15, 0.2) is 5.11 Å². The van der Waals surface area contributed by atoms with E-state index in [1.807, 2.05) is 18.2 Å². The van der Waals surface area contributed by atoms with Crippen LogP contribution in [0.5, 0.6) is 0 Å². The molecule has 2 nitrogen and oxygen atoms in total. The van der Waals surface area contributed by atoms with Gasteiger partial charge in [0.1, 0.15) is 0 Å². The van der Waals surface area contributed by atoms with Crippen LogP contribution in [0.25, 0.3) is 0 Å². The van der Waals surface area contributed by atoms with Crippen molar-refractivity contribution in [1.82, 2.24) is 0 Å². The summed E-state index contributed by atoms with van der Waals surface area (Å²) in [4.78, 5) is 0. The molecule has 104 valence electrons. The highest BCUT2D eigenvalue weighted by Gasteiger charge is 2.04. The van der Waals surface area contributed by atoms with Crippen molar-refractivity contribution in [2.24, 2.45) is 0 Å². The molecule has 0 fully saturated rings. The molecule has 0 aliphatic heterocycles. The molecule has 0 atom stereocenters. The molecule has 7 heteroatoms. The van der Waals surface area contributed by atoms with Crippen LogP contribution in [0, 0.1) is 0 Å². The van der Waals surface area contributed by atoms with Crippen LogP contribution < -0.4 is 10.6 Å². The Morgan fingerprint density at radius 2 is 1.60 bits per heavy atom. The lowest BCUT2D eigenvalue weighted by atomic mass is 10.3. The van der Waals surface area contributed by atoms with Crippen molar-refractivity contribution in [3.8, 4) is 0 Å². The molecule has 0 saturated carbocycles. The molecule has 0 saturated heterocycles. The third-order valence-corrected chi connectivity index (χ3v) is 4.09. The summed E-state index contributed by atoms with van der Waals surface area (Å²) in [5.41, 5.74) is 1.59. The second-order valence-corrected chi connectivity index (χ2v) is 6.91. The minimum absolute atomic E-state index is 0.450. The van der Waals surface area contributed by atoms with Crippen molar-refractivity contribution in [1.29, 1.82) is 0 Å². The molecule has 0 spiro atoms. The smallest absolute Gasteiger partial charge is 0.175 e. The molecule has 2 aromatic rings. The average Bonchev–Trinajstić information content (AvgIpc) is 2.31. The summed E-state index contributed by atoms with van der Waals surface area (Å²) >= 11 is 24.0. The van der Waals surface area contributed by atoms with Gasteiger partial charge >= 0.3 is 0 Å². The number of anilines is 2. The fraction of sp³-hybridized carbons (Fsp3) is 0. The summed E-state index contributed by atoms with van der Waals surface area (Å²) < 4.78 is 1.88. The quantitative estimate of drug-likeness (QED) is 0.518. The van der Waals surface area contributed by atoms with E-state index in [1.165, 1.54) is 0 Å². The number of hydrogen-bond acceptors (Lipinski definition) is 1. The molecule has 0 unspecified atom stereocenters. The van der Waals surface area contributed by atoms with Gasteiger partial charge in [0.25, 0.3) is 0 Å². The Hall–Kier alpha value is -0.330. The van der Waals surface area contributed by atoms with Gasteiger partial charge in [-0.2, -0.15) is 0 Å². The molecular weight excluding hydrogens is 447 g/mol. The van der Waals surface area contributed by atoms with Crippen molar-refractivity contribution in [2.75, 3.05) is 10.6 Å². The Kier molecular flexibility index (Phi) is 5.69. The number of halogens is 4. The van der Waals surface area contributed by atoms with Gasteiger partial charge in [-0.05, 0) is 64.5 Å². The average molecular weight is 455 g/mol. The third kappa shape index (κ3) is 4.60. The number of thiocarbonyl (C=S) groups is 1. The highest BCUT2D eigenvalue weighted by atomic mass is 79.9. The normalized spacial score (nSPS) is 10.2. The molecule has 0 aliphatic carbocycles. The van der Waals surface area contributed by atoms with Crippen molar-refractivity contribution < 1.29 is 0 Å². The van der Waals surface area contributed by atoms with E-state index in [1.54, 1.807) is 18.2 Å². The van der Waals surface area contributed by atoms with Gasteiger partial charge in [0.2, 0.25) is 0 Å². The summed E-state index contributed by atoms with van der Waals surface area (Å²) in [6, 6.07) is 10.9. The lowest BCUT2D eigenvalue weighted by molar-refractivity contribution is 1.55. The highest BCUT2D eigenvalue weighted by molar-refractivity contribution is 9.11. The molecule has 2 N–H and O–H groups in total. The minimum Gasteiger partial charge on any atom is -0.332 e. The van der Waals surface area contributed by atoms with Gasteiger partial charge < -0.3 is 10.6 Å². The van der Waals surface area contributed by atoms with E-state index in [0.717, 1.165) is 20.3 Å². The van der Waals surface area contributed by atoms with Crippen molar-refractivity contribution in [3.63, 3.8) is 0 Å². The van der Waals surface area contributed by atoms with Gasteiger partial charge in [0.05, 0.1) is 5.69 Å². The standard InChI is InChI=1S/C13H8Br2Cl2N2S/c14-7-1-2-12(11(15)3-7)19-13(20)18-10-5-8(16)4-9(17)6-10/h1-6H,(H2,18,19,20). The Morgan fingerprint density at radius 3 is 2.20 bits per heavy atom. The van der Waals surface area contributed by atoms with Gasteiger partial charge in [-0.3, -0.25) is 0 Å². The molecule has 0 bridgehead atoms. The maximum Gasteiger partial charge on any atom is 0.175 e. The maximum absolute atomic E-state index is 5.94. The van der Waals surface area contributed by atoms with E-state index in [0.29, 0.717) is 15.2 Å². The first-order valence-electron chi connectivity index (χ1n) is 5.43. The molecule has 0 aromatic heterocycles. The SMILES string of the molecule is S=C(Nc1cc(Cl)cc(Cl)c1)Nc1ccc(Br)cc1Br. The van der Waals surface area contributed by atoms with Crippen LogP contribution in [0.4, 0.5) is 11.4 Å². The number of benzene rings is 2. The number of nitrogens with one attached hydrogen (secondary N) is 2. The van der Waals surface area contributed by atoms with Crippen LogP contribution in [0.15, 0.2) is 45.3 Å². The fourth-order valence-corrected chi connectivity index (χ4v) is 3.40. The molecule has 0 heterocycles. The van der Waals surface area contributed by atoms with Crippen LogP contribution in [-0.4, -0.2) is 5.11 Å². The van der Waals surface area contributed by atoms with Crippen molar-refractivity contribution in [3.05, 3.63) is 55.4 Å². The monoisotopic (exact) mass is 452 g/mol. The van der Waals surface area contributed by atoms with E-state index in [2.05, 4.69) is 42.5 Å². The zero-order valence-electron chi connectivity index (χ0n) is 9.88. The third-order valence-electron chi connectivity index (χ3n) is 2.30. The van der Waals surface area contributed by atoms with Crippen LogP contribution in [-0.2, 0) is 0 Å². The van der Waals surface area contributed by atoms with Gasteiger partial charge in [-0.25, -0.2) is 0 Å². The zero-order valence-corrected chi connectivity index (χ0v) is 15.4. The first-order chi connectivity index (χ1) is 9.44. The van der Waals surface area contributed by atoms with Gasteiger partial charge in [-0.1, -0.05) is 39.1 Å². The largest absolute Gasteiger partial charge is 0.332 e. The molecule has 2 aromatic carbocycles. The first kappa shape index (κ1) is 16.0. The second kappa shape index (κ2) is 7.09. The van der Waals surface area contributed by atoms with Crippen LogP contribution in [0.2, 0.25) is 10.0 Å². The number of hydrogen-bond donors (Lipinski definition) is 2. The Morgan fingerprint density at radius 1 is 0.950 bits per heavy atom. The van der Waals surface area contributed by atoms with Crippen LogP contribution >= 0.6 is 67.3 Å². The predicted octanol–water partition coefficient (Wildman–Crippen LogP) is 6.33. The van der Waals surface area contributed by atoms with Crippen LogP contribution in [0.3, 0.4) is 0 Å².